The van der Waals surface area contributed by atoms with Crippen LogP contribution in [0.25, 0.3) is 5.76 Å². The standard InChI is InChI=1S/C28H28ClN3O4/c1-4-31(5-2)21-11-8-19(9-12-21)25-24(26(33)22-15-20(29)10-13-23(22)36-3)27(34)28(35)32(25)17-18-7-6-14-30-16-18/h6-16,25,33H,4-5,17H2,1-3H3/b26-24+. The lowest BCUT2D eigenvalue weighted by Gasteiger charge is -2.27. The zero-order valence-corrected chi connectivity index (χ0v) is 21.2. The Morgan fingerprint density at radius 2 is 1.83 bits per heavy atom. The maximum atomic E-state index is 13.4. The number of rotatable bonds is 8. The van der Waals surface area contributed by atoms with Crippen molar-refractivity contribution < 1.29 is 19.4 Å². The predicted octanol–water partition coefficient (Wildman–Crippen LogP) is 5.21. The molecule has 1 aromatic heterocycles. The van der Waals surface area contributed by atoms with Crippen molar-refractivity contribution in [3.05, 3.63) is 94.3 Å². The van der Waals surface area contributed by atoms with Gasteiger partial charge in [-0.05, 0) is 61.4 Å². The van der Waals surface area contributed by atoms with Gasteiger partial charge < -0.3 is 19.6 Å². The molecule has 2 heterocycles. The highest BCUT2D eigenvalue weighted by Crippen LogP contribution is 2.42. The summed E-state index contributed by atoms with van der Waals surface area (Å²) in [6.07, 6.45) is 3.30. The second-order valence-corrected chi connectivity index (χ2v) is 8.83. The molecule has 1 fully saturated rings. The molecule has 8 heteroatoms. The number of halogens is 1. The highest BCUT2D eigenvalue weighted by Gasteiger charge is 2.46. The van der Waals surface area contributed by atoms with E-state index in [0.29, 0.717) is 16.3 Å². The van der Waals surface area contributed by atoms with Crippen LogP contribution in [0.2, 0.25) is 5.02 Å². The molecule has 1 atom stereocenters. The molecule has 0 aliphatic carbocycles. The fraction of sp³-hybridized carbons (Fsp3) is 0.250. The van der Waals surface area contributed by atoms with Gasteiger partial charge in [-0.15, -0.1) is 0 Å². The normalized spacial score (nSPS) is 16.9. The van der Waals surface area contributed by atoms with Crippen LogP contribution in [-0.2, 0) is 16.1 Å². The molecule has 1 N–H and O–H groups in total. The third kappa shape index (κ3) is 4.79. The van der Waals surface area contributed by atoms with E-state index in [1.54, 1.807) is 30.6 Å². The van der Waals surface area contributed by atoms with Crippen LogP contribution >= 0.6 is 11.6 Å². The van der Waals surface area contributed by atoms with Gasteiger partial charge in [-0.25, -0.2) is 0 Å². The lowest BCUT2D eigenvalue weighted by atomic mass is 9.94. The second-order valence-electron chi connectivity index (χ2n) is 8.40. The van der Waals surface area contributed by atoms with Gasteiger partial charge in [-0.1, -0.05) is 29.8 Å². The van der Waals surface area contributed by atoms with E-state index in [4.69, 9.17) is 16.3 Å². The monoisotopic (exact) mass is 505 g/mol. The number of benzene rings is 2. The van der Waals surface area contributed by atoms with Crippen molar-refractivity contribution in [2.45, 2.75) is 26.4 Å². The number of aliphatic hydroxyl groups is 1. The highest BCUT2D eigenvalue weighted by molar-refractivity contribution is 6.46. The van der Waals surface area contributed by atoms with Gasteiger partial charge >= 0.3 is 0 Å². The predicted molar refractivity (Wildman–Crippen MR) is 140 cm³/mol. The zero-order valence-electron chi connectivity index (χ0n) is 20.4. The highest BCUT2D eigenvalue weighted by atomic mass is 35.5. The molecule has 3 aromatic rings. The molecule has 0 bridgehead atoms. The van der Waals surface area contributed by atoms with Crippen LogP contribution in [0.4, 0.5) is 5.69 Å². The van der Waals surface area contributed by atoms with E-state index < -0.39 is 17.7 Å². The SMILES string of the molecule is CCN(CC)c1ccc(C2/C(=C(\O)c3cc(Cl)ccc3OC)C(=O)C(=O)N2Cc2cccnc2)cc1. The smallest absolute Gasteiger partial charge is 0.295 e. The van der Waals surface area contributed by atoms with Crippen LogP contribution in [-0.4, -0.2) is 46.9 Å². The molecule has 0 radical (unpaired) electrons. The van der Waals surface area contributed by atoms with Crippen molar-refractivity contribution in [3.8, 4) is 5.75 Å². The molecule has 1 unspecified atom stereocenters. The molecule has 7 nitrogen and oxygen atoms in total. The van der Waals surface area contributed by atoms with Crippen LogP contribution < -0.4 is 9.64 Å². The van der Waals surface area contributed by atoms with E-state index in [1.165, 1.54) is 18.1 Å². The second kappa shape index (κ2) is 10.8. The van der Waals surface area contributed by atoms with Crippen molar-refractivity contribution in [2.24, 2.45) is 0 Å². The van der Waals surface area contributed by atoms with Gasteiger partial charge in [-0.2, -0.15) is 0 Å². The number of ether oxygens (including phenoxy) is 1. The number of nitrogens with zero attached hydrogens (tertiary/aromatic N) is 3. The Morgan fingerprint density at radius 3 is 2.44 bits per heavy atom. The fourth-order valence-corrected chi connectivity index (χ4v) is 4.72. The molecule has 4 rings (SSSR count). The summed E-state index contributed by atoms with van der Waals surface area (Å²) in [5.74, 6) is -1.46. The Morgan fingerprint density at radius 1 is 1.11 bits per heavy atom. The third-order valence-corrected chi connectivity index (χ3v) is 6.60. The Labute approximate surface area is 215 Å². The number of hydrogen-bond donors (Lipinski definition) is 1. The van der Waals surface area contributed by atoms with E-state index in [0.717, 1.165) is 24.3 Å². The van der Waals surface area contributed by atoms with Crippen molar-refractivity contribution in [2.75, 3.05) is 25.1 Å². The van der Waals surface area contributed by atoms with Gasteiger partial charge in [0.1, 0.15) is 11.5 Å². The number of aromatic nitrogens is 1. The fourth-order valence-electron chi connectivity index (χ4n) is 4.54. The summed E-state index contributed by atoms with van der Waals surface area (Å²) in [7, 11) is 1.46. The number of methoxy groups -OCH3 is 1. The molecular formula is C28H28ClN3O4. The van der Waals surface area contributed by atoms with Gasteiger partial charge in [0, 0.05) is 42.7 Å². The Bertz CT molecular complexity index is 1290. The van der Waals surface area contributed by atoms with E-state index in [1.807, 2.05) is 30.3 Å². The topological polar surface area (TPSA) is 83.0 Å². The Hall–Kier alpha value is -3.84. The Kier molecular flexibility index (Phi) is 7.60. The first-order chi connectivity index (χ1) is 17.4. The molecule has 1 amide bonds. The molecule has 1 aliphatic heterocycles. The summed E-state index contributed by atoms with van der Waals surface area (Å²) in [6.45, 7) is 6.02. The Balaban J connectivity index is 1.88. The first-order valence-corrected chi connectivity index (χ1v) is 12.1. The molecule has 36 heavy (non-hydrogen) atoms. The first kappa shape index (κ1) is 25.3. The molecular weight excluding hydrogens is 478 g/mol. The quantitative estimate of drug-likeness (QED) is 0.257. The number of pyridine rings is 1. The summed E-state index contributed by atoms with van der Waals surface area (Å²) in [5, 5.41) is 11.8. The van der Waals surface area contributed by atoms with Gasteiger partial charge in [0.15, 0.2) is 0 Å². The third-order valence-electron chi connectivity index (χ3n) is 6.37. The van der Waals surface area contributed by atoms with Gasteiger partial charge in [0.25, 0.3) is 11.7 Å². The molecule has 1 saturated heterocycles. The van der Waals surface area contributed by atoms with Crippen LogP contribution in [0.15, 0.2) is 72.6 Å². The van der Waals surface area contributed by atoms with Gasteiger partial charge in [0.05, 0.1) is 24.3 Å². The molecule has 1 aliphatic rings. The summed E-state index contributed by atoms with van der Waals surface area (Å²) < 4.78 is 5.40. The minimum atomic E-state index is -0.806. The molecule has 2 aromatic carbocycles. The van der Waals surface area contributed by atoms with Crippen LogP contribution in [0.3, 0.4) is 0 Å². The number of carbonyl (C=O) groups excluding carboxylic acids is 2. The number of carbonyl (C=O) groups is 2. The minimum absolute atomic E-state index is 0.0138. The first-order valence-electron chi connectivity index (χ1n) is 11.8. The average Bonchev–Trinajstić information content (AvgIpc) is 3.15. The zero-order chi connectivity index (χ0) is 25.8. The largest absolute Gasteiger partial charge is 0.507 e. The summed E-state index contributed by atoms with van der Waals surface area (Å²) in [6, 6.07) is 15.3. The minimum Gasteiger partial charge on any atom is -0.507 e. The number of likely N-dealkylation sites (tertiary alicyclic amines) is 1. The number of ketones is 1. The lowest BCUT2D eigenvalue weighted by molar-refractivity contribution is -0.140. The number of Topliss-reactive ketones (excluding diaryl/α,β-unsaturated/α-hetero) is 1. The summed E-state index contributed by atoms with van der Waals surface area (Å²) >= 11 is 6.19. The van der Waals surface area contributed by atoms with Crippen molar-refractivity contribution in [3.63, 3.8) is 0 Å². The molecule has 186 valence electrons. The lowest BCUT2D eigenvalue weighted by Crippen LogP contribution is -2.29. The number of aliphatic hydroxyl groups excluding tert-OH is 1. The maximum absolute atomic E-state index is 13.4. The van der Waals surface area contributed by atoms with Crippen LogP contribution in [0.1, 0.15) is 36.6 Å². The number of hydrogen-bond acceptors (Lipinski definition) is 6. The van der Waals surface area contributed by atoms with E-state index in [2.05, 4.69) is 23.7 Å². The van der Waals surface area contributed by atoms with Gasteiger partial charge in [0.2, 0.25) is 0 Å². The molecule has 0 spiro atoms. The molecule has 0 saturated carbocycles. The summed E-state index contributed by atoms with van der Waals surface area (Å²) in [5.41, 5.74) is 2.74. The van der Waals surface area contributed by atoms with E-state index in [9.17, 15) is 14.7 Å². The summed E-state index contributed by atoms with van der Waals surface area (Å²) in [4.78, 5) is 34.4. The van der Waals surface area contributed by atoms with Crippen molar-refractivity contribution in [1.29, 1.82) is 0 Å². The number of anilines is 1. The number of amides is 1. The average molecular weight is 506 g/mol. The van der Waals surface area contributed by atoms with E-state index in [-0.39, 0.29) is 23.4 Å². The van der Waals surface area contributed by atoms with Crippen molar-refractivity contribution >= 4 is 34.7 Å². The van der Waals surface area contributed by atoms with Crippen LogP contribution in [0.5, 0.6) is 5.75 Å². The van der Waals surface area contributed by atoms with Crippen molar-refractivity contribution in [1.82, 2.24) is 9.88 Å². The van der Waals surface area contributed by atoms with Crippen LogP contribution in [0, 0.1) is 0 Å². The van der Waals surface area contributed by atoms with E-state index >= 15 is 0 Å². The maximum Gasteiger partial charge on any atom is 0.295 e. The van der Waals surface area contributed by atoms with Gasteiger partial charge in [-0.3, -0.25) is 14.6 Å².